The first-order valence-corrected chi connectivity index (χ1v) is 9.14. The second-order valence-electron chi connectivity index (χ2n) is 7.32. The molecule has 0 aliphatic carbocycles. The summed E-state index contributed by atoms with van der Waals surface area (Å²) in [6, 6.07) is 1.31. The van der Waals surface area contributed by atoms with E-state index in [1.807, 2.05) is 24.7 Å². The molecular weight excluding hydrogens is 320 g/mol. The number of ether oxygens (including phenoxy) is 1. The maximum atomic E-state index is 12.5. The van der Waals surface area contributed by atoms with Gasteiger partial charge in [0.2, 0.25) is 0 Å². The summed E-state index contributed by atoms with van der Waals surface area (Å²) in [5.74, 6) is -0.474. The molecule has 2 rings (SSSR count). The van der Waals surface area contributed by atoms with Gasteiger partial charge < -0.3 is 15.4 Å². The number of nitrogens with zero attached hydrogens (tertiary/aromatic N) is 2. The topological polar surface area (TPSA) is 85.3 Å². The van der Waals surface area contributed by atoms with Crippen molar-refractivity contribution in [3.05, 3.63) is 18.0 Å². The zero-order valence-electron chi connectivity index (χ0n) is 15.6. The molecule has 1 aliphatic rings. The molecule has 0 bridgehead atoms. The highest BCUT2D eigenvalue weighted by atomic mass is 16.5. The van der Waals surface area contributed by atoms with Crippen LogP contribution in [0, 0.1) is 5.92 Å². The second kappa shape index (κ2) is 8.99. The summed E-state index contributed by atoms with van der Waals surface area (Å²) >= 11 is 0. The lowest BCUT2D eigenvalue weighted by Gasteiger charge is -2.23. The molecule has 1 aromatic rings. The van der Waals surface area contributed by atoms with Gasteiger partial charge in [0.15, 0.2) is 0 Å². The van der Waals surface area contributed by atoms with Crippen LogP contribution in [0.25, 0.3) is 0 Å². The lowest BCUT2D eigenvalue weighted by Crippen LogP contribution is -2.43. The standard InChI is InChI=1S/C18H30N4O3/c1-12(2)10-16(18(24)25-13(3)4)20-17(23)15-7-9-22(21-15)14-6-5-8-19-11-14/h7,9,12-14,16,19H,5-6,8,10-11H2,1-4H3,(H,20,23)/t14?,16-/m0/s1. The Hall–Kier alpha value is -1.89. The third-order valence-corrected chi connectivity index (χ3v) is 4.13. The Morgan fingerprint density at radius 3 is 2.76 bits per heavy atom. The average Bonchev–Trinajstić information content (AvgIpc) is 3.04. The van der Waals surface area contributed by atoms with E-state index >= 15 is 0 Å². The van der Waals surface area contributed by atoms with Crippen LogP contribution in [0.4, 0.5) is 0 Å². The van der Waals surface area contributed by atoms with E-state index in [4.69, 9.17) is 4.74 Å². The van der Waals surface area contributed by atoms with Gasteiger partial charge in [-0.2, -0.15) is 5.10 Å². The van der Waals surface area contributed by atoms with Crippen molar-refractivity contribution in [1.82, 2.24) is 20.4 Å². The molecule has 7 heteroatoms. The summed E-state index contributed by atoms with van der Waals surface area (Å²) < 4.78 is 7.10. The molecule has 1 unspecified atom stereocenters. The molecule has 25 heavy (non-hydrogen) atoms. The normalized spacial score (nSPS) is 19.0. The van der Waals surface area contributed by atoms with Gasteiger partial charge in [0, 0.05) is 12.7 Å². The Kier molecular flexibility index (Phi) is 6.99. The summed E-state index contributed by atoms with van der Waals surface area (Å²) in [7, 11) is 0. The zero-order chi connectivity index (χ0) is 18.4. The fourth-order valence-electron chi connectivity index (χ4n) is 2.95. The zero-order valence-corrected chi connectivity index (χ0v) is 15.6. The highest BCUT2D eigenvalue weighted by molar-refractivity contribution is 5.95. The minimum Gasteiger partial charge on any atom is -0.461 e. The summed E-state index contributed by atoms with van der Waals surface area (Å²) in [6.07, 6.45) is 4.30. The van der Waals surface area contributed by atoms with Crippen molar-refractivity contribution >= 4 is 11.9 Å². The number of aromatic nitrogens is 2. The predicted molar refractivity (Wildman–Crippen MR) is 95.3 cm³/mol. The van der Waals surface area contributed by atoms with Crippen LogP contribution in [0.2, 0.25) is 0 Å². The molecule has 2 heterocycles. The second-order valence-corrected chi connectivity index (χ2v) is 7.32. The van der Waals surface area contributed by atoms with Crippen LogP contribution >= 0.6 is 0 Å². The van der Waals surface area contributed by atoms with Crippen molar-refractivity contribution in [2.75, 3.05) is 13.1 Å². The summed E-state index contributed by atoms with van der Waals surface area (Å²) in [5, 5.41) is 10.5. The van der Waals surface area contributed by atoms with Crippen LogP contribution < -0.4 is 10.6 Å². The maximum Gasteiger partial charge on any atom is 0.328 e. The van der Waals surface area contributed by atoms with Crippen molar-refractivity contribution < 1.29 is 14.3 Å². The van der Waals surface area contributed by atoms with E-state index in [0.29, 0.717) is 12.1 Å². The van der Waals surface area contributed by atoms with Gasteiger partial charge in [-0.25, -0.2) is 4.79 Å². The number of rotatable bonds is 7. The molecular formula is C18H30N4O3. The van der Waals surface area contributed by atoms with Crippen molar-refractivity contribution in [3.63, 3.8) is 0 Å². The summed E-state index contributed by atoms with van der Waals surface area (Å²) in [6.45, 7) is 9.50. The highest BCUT2D eigenvalue weighted by Gasteiger charge is 2.26. The largest absolute Gasteiger partial charge is 0.461 e. The lowest BCUT2D eigenvalue weighted by molar-refractivity contribution is -0.150. The van der Waals surface area contributed by atoms with E-state index in [1.54, 1.807) is 19.9 Å². The van der Waals surface area contributed by atoms with Gasteiger partial charge in [0.1, 0.15) is 11.7 Å². The molecule has 0 spiro atoms. The molecule has 1 aromatic heterocycles. The molecule has 140 valence electrons. The molecule has 7 nitrogen and oxygen atoms in total. The molecule has 1 saturated heterocycles. The third kappa shape index (κ3) is 5.85. The van der Waals surface area contributed by atoms with E-state index in [0.717, 1.165) is 25.9 Å². The van der Waals surface area contributed by atoms with Crippen LogP contribution in [0.15, 0.2) is 12.3 Å². The first-order valence-electron chi connectivity index (χ1n) is 9.14. The van der Waals surface area contributed by atoms with Gasteiger partial charge in [-0.05, 0) is 51.6 Å². The number of amides is 1. The lowest BCUT2D eigenvalue weighted by atomic mass is 10.0. The van der Waals surface area contributed by atoms with Gasteiger partial charge in [-0.3, -0.25) is 9.48 Å². The van der Waals surface area contributed by atoms with E-state index in [-0.39, 0.29) is 24.0 Å². The van der Waals surface area contributed by atoms with Crippen LogP contribution in [0.3, 0.4) is 0 Å². The Labute approximate surface area is 149 Å². The monoisotopic (exact) mass is 350 g/mol. The number of nitrogens with one attached hydrogen (secondary N) is 2. The van der Waals surface area contributed by atoms with Crippen molar-refractivity contribution in [2.45, 2.75) is 65.1 Å². The van der Waals surface area contributed by atoms with Gasteiger partial charge in [0.25, 0.3) is 5.91 Å². The Morgan fingerprint density at radius 1 is 1.40 bits per heavy atom. The van der Waals surface area contributed by atoms with Crippen molar-refractivity contribution in [3.8, 4) is 0 Å². The molecule has 2 N–H and O–H groups in total. The predicted octanol–water partition coefficient (Wildman–Crippen LogP) is 1.90. The molecule has 1 amide bonds. The number of carbonyl (C=O) groups excluding carboxylic acids is 2. The quantitative estimate of drug-likeness (QED) is 0.734. The molecule has 0 saturated carbocycles. The average molecular weight is 350 g/mol. The van der Waals surface area contributed by atoms with Gasteiger partial charge in [-0.1, -0.05) is 13.8 Å². The van der Waals surface area contributed by atoms with Gasteiger partial charge in [0.05, 0.1) is 12.1 Å². The Morgan fingerprint density at radius 2 is 2.16 bits per heavy atom. The number of hydrogen-bond donors (Lipinski definition) is 2. The number of esters is 1. The smallest absolute Gasteiger partial charge is 0.328 e. The fraction of sp³-hybridized carbons (Fsp3) is 0.722. The minimum absolute atomic E-state index is 0.211. The van der Waals surface area contributed by atoms with E-state index in [9.17, 15) is 9.59 Å². The first kappa shape index (κ1) is 19.4. The Balaban J connectivity index is 2.01. The summed E-state index contributed by atoms with van der Waals surface area (Å²) in [4.78, 5) is 24.8. The number of carbonyl (C=O) groups is 2. The SMILES string of the molecule is CC(C)C[C@H](NC(=O)c1ccn(C2CCCNC2)n1)C(=O)OC(C)C. The van der Waals surface area contributed by atoms with E-state index < -0.39 is 12.0 Å². The van der Waals surface area contributed by atoms with Crippen molar-refractivity contribution in [2.24, 2.45) is 5.92 Å². The van der Waals surface area contributed by atoms with Crippen LogP contribution in [0.1, 0.15) is 63.5 Å². The molecule has 0 radical (unpaired) electrons. The van der Waals surface area contributed by atoms with Crippen LogP contribution in [-0.4, -0.2) is 46.9 Å². The van der Waals surface area contributed by atoms with E-state index in [2.05, 4.69) is 15.7 Å². The molecule has 1 aliphatic heterocycles. The van der Waals surface area contributed by atoms with Crippen LogP contribution in [0.5, 0.6) is 0 Å². The summed E-state index contributed by atoms with van der Waals surface area (Å²) in [5.41, 5.74) is 0.330. The maximum absolute atomic E-state index is 12.5. The molecule has 0 aromatic carbocycles. The van der Waals surface area contributed by atoms with Crippen LogP contribution in [-0.2, 0) is 9.53 Å². The highest BCUT2D eigenvalue weighted by Crippen LogP contribution is 2.16. The first-order chi connectivity index (χ1) is 11.9. The Bertz CT molecular complexity index is 577. The molecule has 1 fully saturated rings. The van der Waals surface area contributed by atoms with E-state index in [1.165, 1.54) is 0 Å². The third-order valence-electron chi connectivity index (χ3n) is 4.13. The number of hydrogen-bond acceptors (Lipinski definition) is 5. The van der Waals surface area contributed by atoms with Gasteiger partial charge in [-0.15, -0.1) is 0 Å². The fourth-order valence-corrected chi connectivity index (χ4v) is 2.95. The molecule has 2 atom stereocenters. The van der Waals surface area contributed by atoms with Crippen molar-refractivity contribution in [1.29, 1.82) is 0 Å². The number of piperidine rings is 1. The minimum atomic E-state index is -0.656. The van der Waals surface area contributed by atoms with Gasteiger partial charge >= 0.3 is 5.97 Å².